The minimum atomic E-state index is -1.31. The molecule has 4 rings (SSSR count). The summed E-state index contributed by atoms with van der Waals surface area (Å²) in [5.41, 5.74) is 2.78. The van der Waals surface area contributed by atoms with Gasteiger partial charge in [0.15, 0.2) is 11.5 Å². The number of methoxy groups -OCH3 is 2. The number of ether oxygens (including phenoxy) is 2. The zero-order valence-corrected chi connectivity index (χ0v) is 23.8. The molecule has 0 saturated heterocycles. The lowest BCUT2D eigenvalue weighted by Crippen LogP contribution is -2.19. The van der Waals surface area contributed by atoms with Crippen LogP contribution in [-0.4, -0.2) is 39.4 Å². The van der Waals surface area contributed by atoms with Crippen molar-refractivity contribution >= 4 is 45.3 Å². The van der Waals surface area contributed by atoms with E-state index in [2.05, 4.69) is 44.8 Å². The first-order valence-corrected chi connectivity index (χ1v) is 13.8. The van der Waals surface area contributed by atoms with Crippen molar-refractivity contribution in [3.63, 3.8) is 0 Å². The molecule has 9 heteroatoms. The van der Waals surface area contributed by atoms with E-state index in [0.29, 0.717) is 17.3 Å². The topological polar surface area (TPSA) is 85.7 Å². The second kappa shape index (κ2) is 11.0. The second-order valence-electron chi connectivity index (χ2n) is 9.60. The number of rotatable bonds is 8. The molecule has 0 amide bonds. The highest BCUT2D eigenvalue weighted by molar-refractivity contribution is 7.85. The van der Waals surface area contributed by atoms with Gasteiger partial charge in [-0.25, -0.2) is 14.2 Å². The van der Waals surface area contributed by atoms with E-state index < -0.39 is 15.7 Å². The second-order valence-corrected chi connectivity index (χ2v) is 12.6. The fourth-order valence-corrected chi connectivity index (χ4v) is 5.37. The van der Waals surface area contributed by atoms with Crippen LogP contribution in [0.1, 0.15) is 50.0 Å². The summed E-state index contributed by atoms with van der Waals surface area (Å²) in [6, 6.07) is 16.0. The van der Waals surface area contributed by atoms with Crippen LogP contribution in [0, 0.1) is 6.92 Å². The molecule has 0 aliphatic heterocycles. The maximum atomic E-state index is 12.4. The molecule has 37 heavy (non-hydrogen) atoms. The lowest BCUT2D eigenvalue weighted by molar-refractivity contribution is 0.356. The molecule has 0 radical (unpaired) electrons. The van der Waals surface area contributed by atoms with E-state index in [-0.39, 0.29) is 6.04 Å². The normalized spacial score (nSPS) is 13.6. The SMILES string of the molecule is COc1cc2nc(C)nc(NC(C)c3ccc(-c4ccccc4/C=N\S(=O)C(C)(C)C)s3)c2cc1OC. The van der Waals surface area contributed by atoms with Crippen molar-refractivity contribution in [3.8, 4) is 21.9 Å². The Morgan fingerprint density at radius 3 is 2.46 bits per heavy atom. The Hall–Kier alpha value is -3.30. The van der Waals surface area contributed by atoms with E-state index in [4.69, 9.17) is 9.47 Å². The fraction of sp³-hybridized carbons (Fsp3) is 0.321. The first kappa shape index (κ1) is 26.8. The Morgan fingerprint density at radius 2 is 1.76 bits per heavy atom. The van der Waals surface area contributed by atoms with Crippen LogP contribution in [0.15, 0.2) is 52.9 Å². The quantitative estimate of drug-likeness (QED) is 0.251. The highest BCUT2D eigenvalue weighted by Gasteiger charge is 2.19. The summed E-state index contributed by atoms with van der Waals surface area (Å²) in [5, 5.41) is 4.42. The van der Waals surface area contributed by atoms with Gasteiger partial charge in [0.2, 0.25) is 0 Å². The van der Waals surface area contributed by atoms with Crippen molar-refractivity contribution in [2.75, 3.05) is 19.5 Å². The summed E-state index contributed by atoms with van der Waals surface area (Å²) in [7, 11) is 1.92. The molecule has 7 nitrogen and oxygen atoms in total. The van der Waals surface area contributed by atoms with Crippen molar-refractivity contribution in [2.45, 2.75) is 45.4 Å². The van der Waals surface area contributed by atoms with E-state index in [9.17, 15) is 4.21 Å². The number of hydrogen-bond donors (Lipinski definition) is 1. The maximum absolute atomic E-state index is 12.4. The minimum absolute atomic E-state index is 0.00132. The molecule has 0 saturated carbocycles. The van der Waals surface area contributed by atoms with E-state index >= 15 is 0 Å². The monoisotopic (exact) mass is 536 g/mol. The Bertz CT molecular complexity index is 1470. The molecule has 0 bridgehead atoms. The molecule has 0 aliphatic carbocycles. The van der Waals surface area contributed by atoms with Gasteiger partial charge in [0, 0.05) is 38.5 Å². The Labute approximate surface area is 224 Å². The molecular weight excluding hydrogens is 504 g/mol. The summed E-state index contributed by atoms with van der Waals surface area (Å²) in [6.45, 7) is 9.74. The van der Waals surface area contributed by atoms with Gasteiger partial charge in [0.1, 0.15) is 22.6 Å². The molecule has 2 aromatic heterocycles. The number of nitrogens with one attached hydrogen (secondary N) is 1. The molecule has 2 unspecified atom stereocenters. The first-order valence-electron chi connectivity index (χ1n) is 11.9. The molecule has 0 spiro atoms. The lowest BCUT2D eigenvalue weighted by atomic mass is 10.1. The Kier molecular flexibility index (Phi) is 7.94. The van der Waals surface area contributed by atoms with Crippen LogP contribution in [0.4, 0.5) is 5.82 Å². The largest absolute Gasteiger partial charge is 0.493 e. The number of aromatic nitrogens is 2. The molecular formula is C28H32N4O3S2. The number of fused-ring (bicyclic) bond motifs is 1. The van der Waals surface area contributed by atoms with Crippen molar-refractivity contribution < 1.29 is 13.7 Å². The van der Waals surface area contributed by atoms with Gasteiger partial charge in [-0.05, 0) is 52.8 Å². The van der Waals surface area contributed by atoms with Crippen LogP contribution in [0.3, 0.4) is 0 Å². The first-order chi connectivity index (χ1) is 17.6. The molecule has 0 aliphatic rings. The van der Waals surface area contributed by atoms with E-state index in [1.165, 1.54) is 0 Å². The van der Waals surface area contributed by atoms with Crippen LogP contribution in [0.5, 0.6) is 11.5 Å². The molecule has 2 heterocycles. The summed E-state index contributed by atoms with van der Waals surface area (Å²) in [6.07, 6.45) is 1.72. The third-order valence-corrected chi connectivity index (χ3v) is 8.40. The van der Waals surface area contributed by atoms with E-state index in [1.807, 2.05) is 58.0 Å². The average Bonchev–Trinajstić information content (AvgIpc) is 3.36. The third-order valence-electron chi connectivity index (χ3n) is 5.76. The maximum Gasteiger partial charge on any atom is 0.162 e. The van der Waals surface area contributed by atoms with Crippen LogP contribution in [0.25, 0.3) is 21.3 Å². The number of thiophene rings is 1. The van der Waals surface area contributed by atoms with Gasteiger partial charge in [-0.15, -0.1) is 11.3 Å². The van der Waals surface area contributed by atoms with Gasteiger partial charge in [-0.2, -0.15) is 4.40 Å². The number of benzene rings is 2. The molecule has 1 N–H and O–H groups in total. The number of hydrogen-bond acceptors (Lipinski definition) is 7. The van der Waals surface area contributed by atoms with Crippen molar-refractivity contribution in [2.24, 2.45) is 4.40 Å². The van der Waals surface area contributed by atoms with Gasteiger partial charge in [0.05, 0.1) is 30.5 Å². The van der Waals surface area contributed by atoms with Gasteiger partial charge in [-0.3, -0.25) is 0 Å². The van der Waals surface area contributed by atoms with Crippen LogP contribution >= 0.6 is 11.3 Å². The Morgan fingerprint density at radius 1 is 1.05 bits per heavy atom. The highest BCUT2D eigenvalue weighted by Crippen LogP contribution is 2.37. The van der Waals surface area contributed by atoms with Gasteiger partial charge >= 0.3 is 0 Å². The van der Waals surface area contributed by atoms with E-state index in [0.717, 1.165) is 37.6 Å². The molecule has 0 fully saturated rings. The predicted molar refractivity (Wildman–Crippen MR) is 155 cm³/mol. The molecule has 4 aromatic rings. The molecule has 2 atom stereocenters. The molecule has 2 aromatic carbocycles. The highest BCUT2D eigenvalue weighted by atomic mass is 32.2. The number of nitrogens with zero attached hydrogens (tertiary/aromatic N) is 3. The standard InChI is InChI=1S/C28H32N4O3S2/c1-17(30-27-21-14-23(34-6)24(35-7)15-22(21)31-18(2)32-27)25-12-13-26(36-25)20-11-9-8-10-19(20)16-29-37(33)28(3,4)5/h8-17H,1-7H3,(H,30,31,32)/b29-16-. The molecule has 194 valence electrons. The van der Waals surface area contributed by atoms with Gasteiger partial charge in [0.25, 0.3) is 0 Å². The predicted octanol–water partition coefficient (Wildman–Crippen LogP) is 6.74. The lowest BCUT2D eigenvalue weighted by Gasteiger charge is -2.16. The van der Waals surface area contributed by atoms with Crippen LogP contribution < -0.4 is 14.8 Å². The smallest absolute Gasteiger partial charge is 0.162 e. The number of aryl methyl sites for hydroxylation is 1. The van der Waals surface area contributed by atoms with Crippen LogP contribution in [-0.2, 0) is 11.0 Å². The van der Waals surface area contributed by atoms with Crippen LogP contribution in [0.2, 0.25) is 0 Å². The van der Waals surface area contributed by atoms with Gasteiger partial charge in [-0.1, -0.05) is 24.3 Å². The average molecular weight is 537 g/mol. The summed E-state index contributed by atoms with van der Waals surface area (Å²) >= 11 is 1.70. The van der Waals surface area contributed by atoms with Crippen molar-refractivity contribution in [1.82, 2.24) is 9.97 Å². The fourth-order valence-electron chi connectivity index (χ4n) is 3.79. The zero-order valence-electron chi connectivity index (χ0n) is 22.2. The van der Waals surface area contributed by atoms with E-state index in [1.54, 1.807) is 31.8 Å². The Balaban J connectivity index is 1.63. The summed E-state index contributed by atoms with van der Waals surface area (Å²) < 4.78 is 27.3. The zero-order chi connectivity index (χ0) is 26.7. The van der Waals surface area contributed by atoms with Gasteiger partial charge < -0.3 is 14.8 Å². The minimum Gasteiger partial charge on any atom is -0.493 e. The van der Waals surface area contributed by atoms with Crippen molar-refractivity contribution in [3.05, 3.63) is 64.8 Å². The van der Waals surface area contributed by atoms with Crippen molar-refractivity contribution in [1.29, 1.82) is 0 Å². The number of anilines is 1. The summed E-state index contributed by atoms with van der Waals surface area (Å²) in [5.74, 6) is 2.66. The summed E-state index contributed by atoms with van der Waals surface area (Å²) in [4.78, 5) is 11.5. The third kappa shape index (κ3) is 5.99.